The van der Waals surface area contributed by atoms with E-state index in [0.29, 0.717) is 12.2 Å². The fourth-order valence-corrected chi connectivity index (χ4v) is 4.07. The van der Waals surface area contributed by atoms with Crippen LogP contribution in [0, 0.1) is 5.82 Å². The minimum atomic E-state index is -3.48. The molecule has 0 fully saturated rings. The molecule has 1 heterocycles. The molecule has 0 bridgehead atoms. The molecule has 1 atom stereocenters. The van der Waals surface area contributed by atoms with Gasteiger partial charge in [-0.2, -0.15) is 0 Å². The van der Waals surface area contributed by atoms with E-state index in [1.54, 1.807) is 0 Å². The van der Waals surface area contributed by atoms with Crippen LogP contribution in [0.2, 0.25) is 0 Å². The Morgan fingerprint density at radius 3 is 2.59 bits per heavy atom. The van der Waals surface area contributed by atoms with Gasteiger partial charge in [0.05, 0.1) is 30.8 Å². The van der Waals surface area contributed by atoms with E-state index in [1.807, 2.05) is 17.5 Å². The number of thiophene rings is 1. The van der Waals surface area contributed by atoms with Crippen molar-refractivity contribution in [3.8, 4) is 0 Å². The second-order valence-corrected chi connectivity index (χ2v) is 8.07. The lowest BCUT2D eigenvalue weighted by Gasteiger charge is -2.11. The lowest BCUT2D eigenvalue weighted by Crippen LogP contribution is -2.26. The average molecular weight is 344 g/mol. The van der Waals surface area contributed by atoms with Gasteiger partial charge in [0.25, 0.3) is 0 Å². The molecular weight excluding hydrogens is 327 g/mol. The van der Waals surface area contributed by atoms with Gasteiger partial charge in [-0.05, 0) is 29.1 Å². The van der Waals surface area contributed by atoms with Gasteiger partial charge in [-0.15, -0.1) is 11.3 Å². The highest BCUT2D eigenvalue weighted by Crippen LogP contribution is 2.11. The molecule has 2 aromatic rings. The normalized spacial score (nSPS) is 13.2. The minimum Gasteiger partial charge on any atom is -0.390 e. The summed E-state index contributed by atoms with van der Waals surface area (Å²) < 4.78 is 42.0. The lowest BCUT2D eigenvalue weighted by molar-refractivity contribution is 0.0401. The zero-order chi connectivity index (χ0) is 16.0. The number of halogens is 1. The van der Waals surface area contributed by atoms with Crippen LogP contribution in [-0.4, -0.2) is 32.0 Å². The number of hydrogen-bond donors (Lipinski definition) is 1. The average Bonchev–Trinajstić information content (AvgIpc) is 2.93. The molecule has 0 aliphatic carbocycles. The van der Waals surface area contributed by atoms with Crippen LogP contribution in [0.4, 0.5) is 4.39 Å². The van der Waals surface area contributed by atoms with Crippen molar-refractivity contribution in [1.82, 2.24) is 0 Å². The summed E-state index contributed by atoms with van der Waals surface area (Å²) in [6, 6.07) is 9.07. The molecule has 0 aliphatic heterocycles. The third-order valence-corrected chi connectivity index (χ3v) is 5.40. The molecule has 0 saturated carbocycles. The van der Waals surface area contributed by atoms with Gasteiger partial charge in [0, 0.05) is 4.88 Å². The van der Waals surface area contributed by atoms with Gasteiger partial charge < -0.3 is 9.84 Å². The summed E-state index contributed by atoms with van der Waals surface area (Å²) in [4.78, 5) is 1.02. The Hall–Kier alpha value is -1.28. The molecule has 0 spiro atoms. The largest absolute Gasteiger partial charge is 0.390 e. The Bertz CT molecular complexity index is 666. The smallest absolute Gasteiger partial charge is 0.157 e. The predicted molar refractivity (Wildman–Crippen MR) is 83.9 cm³/mol. The first-order valence-electron chi connectivity index (χ1n) is 6.68. The van der Waals surface area contributed by atoms with Gasteiger partial charge in [0.2, 0.25) is 0 Å². The third-order valence-electron chi connectivity index (χ3n) is 2.88. The summed E-state index contributed by atoms with van der Waals surface area (Å²) in [5, 5.41) is 11.7. The molecule has 2 rings (SSSR count). The van der Waals surface area contributed by atoms with E-state index in [0.717, 1.165) is 4.88 Å². The van der Waals surface area contributed by atoms with E-state index in [2.05, 4.69) is 0 Å². The SMILES string of the molecule is O=S(=O)(Cc1ccc(F)cc1)CC(O)COCc1cccs1. The molecule has 1 aromatic carbocycles. The molecule has 22 heavy (non-hydrogen) atoms. The summed E-state index contributed by atoms with van der Waals surface area (Å²) in [7, 11) is -3.48. The van der Waals surface area contributed by atoms with Crippen molar-refractivity contribution in [3.63, 3.8) is 0 Å². The maximum Gasteiger partial charge on any atom is 0.157 e. The highest BCUT2D eigenvalue weighted by molar-refractivity contribution is 7.90. The van der Waals surface area contributed by atoms with Crippen molar-refractivity contribution >= 4 is 21.2 Å². The summed E-state index contributed by atoms with van der Waals surface area (Å²) >= 11 is 1.54. The molecule has 7 heteroatoms. The van der Waals surface area contributed by atoms with E-state index in [9.17, 15) is 17.9 Å². The topological polar surface area (TPSA) is 63.6 Å². The Kier molecular flexibility index (Phi) is 6.07. The Labute approximate surface area is 133 Å². The number of ether oxygens (including phenoxy) is 1. The van der Waals surface area contributed by atoms with Crippen LogP contribution in [0.1, 0.15) is 10.4 Å². The van der Waals surface area contributed by atoms with E-state index in [4.69, 9.17) is 4.74 Å². The maximum absolute atomic E-state index is 12.8. The van der Waals surface area contributed by atoms with Gasteiger partial charge in [0.1, 0.15) is 5.82 Å². The van der Waals surface area contributed by atoms with E-state index in [1.165, 1.54) is 35.6 Å². The zero-order valence-corrected chi connectivity index (χ0v) is 13.4. The van der Waals surface area contributed by atoms with Crippen LogP contribution in [0.3, 0.4) is 0 Å². The molecule has 0 radical (unpaired) electrons. The molecular formula is C15H17FO4S2. The first-order valence-corrected chi connectivity index (χ1v) is 9.38. The van der Waals surface area contributed by atoms with Crippen molar-refractivity contribution in [1.29, 1.82) is 0 Å². The monoisotopic (exact) mass is 344 g/mol. The van der Waals surface area contributed by atoms with Gasteiger partial charge >= 0.3 is 0 Å². The molecule has 1 aromatic heterocycles. The lowest BCUT2D eigenvalue weighted by atomic mass is 10.2. The quantitative estimate of drug-likeness (QED) is 0.799. The molecule has 1 unspecified atom stereocenters. The first-order chi connectivity index (χ1) is 10.4. The van der Waals surface area contributed by atoms with Crippen molar-refractivity contribution < 1.29 is 22.7 Å². The second kappa shape index (κ2) is 7.82. The van der Waals surface area contributed by atoms with E-state index < -0.39 is 21.8 Å². The van der Waals surface area contributed by atoms with Crippen LogP contribution in [0.15, 0.2) is 41.8 Å². The Balaban J connectivity index is 1.78. The Morgan fingerprint density at radius 2 is 1.95 bits per heavy atom. The van der Waals surface area contributed by atoms with E-state index in [-0.39, 0.29) is 18.1 Å². The predicted octanol–water partition coefficient (Wildman–Crippen LogP) is 2.38. The Morgan fingerprint density at radius 1 is 1.23 bits per heavy atom. The number of aliphatic hydroxyl groups excluding tert-OH is 1. The second-order valence-electron chi connectivity index (χ2n) is 4.93. The minimum absolute atomic E-state index is 0.0411. The number of aliphatic hydroxyl groups is 1. The molecule has 0 aliphatic rings. The van der Waals surface area contributed by atoms with Crippen LogP contribution in [0.5, 0.6) is 0 Å². The molecule has 4 nitrogen and oxygen atoms in total. The molecule has 1 N–H and O–H groups in total. The maximum atomic E-state index is 12.8. The summed E-state index contributed by atoms with van der Waals surface area (Å²) in [6.07, 6.45) is -1.08. The van der Waals surface area contributed by atoms with Crippen LogP contribution in [0.25, 0.3) is 0 Å². The fraction of sp³-hybridized carbons (Fsp3) is 0.333. The number of hydrogen-bond acceptors (Lipinski definition) is 5. The van der Waals surface area contributed by atoms with Gasteiger partial charge in [-0.1, -0.05) is 18.2 Å². The molecule has 0 amide bonds. The van der Waals surface area contributed by atoms with Gasteiger partial charge in [0.15, 0.2) is 9.84 Å². The summed E-state index contributed by atoms with van der Waals surface area (Å²) in [6.45, 7) is 0.313. The van der Waals surface area contributed by atoms with Crippen LogP contribution < -0.4 is 0 Å². The number of sulfone groups is 1. The number of rotatable bonds is 8. The summed E-state index contributed by atoms with van der Waals surface area (Å²) in [5.41, 5.74) is 0.494. The highest BCUT2D eigenvalue weighted by Gasteiger charge is 2.18. The fourth-order valence-electron chi connectivity index (χ4n) is 1.92. The van der Waals surface area contributed by atoms with Crippen molar-refractivity contribution in [3.05, 3.63) is 58.0 Å². The number of benzene rings is 1. The summed E-state index contributed by atoms with van der Waals surface area (Å²) in [5.74, 6) is -1.02. The highest BCUT2D eigenvalue weighted by atomic mass is 32.2. The first kappa shape index (κ1) is 17.1. The molecule has 120 valence electrons. The van der Waals surface area contributed by atoms with Crippen molar-refractivity contribution in [2.75, 3.05) is 12.4 Å². The van der Waals surface area contributed by atoms with Crippen molar-refractivity contribution in [2.45, 2.75) is 18.5 Å². The van der Waals surface area contributed by atoms with Gasteiger partial charge in [-0.3, -0.25) is 0 Å². The standard InChI is InChI=1S/C15H17FO4S2/c16-13-5-3-12(4-6-13)10-22(18,19)11-14(17)8-20-9-15-2-1-7-21-15/h1-7,14,17H,8-11H2. The van der Waals surface area contributed by atoms with Gasteiger partial charge in [-0.25, -0.2) is 12.8 Å². The van der Waals surface area contributed by atoms with Crippen molar-refractivity contribution in [2.24, 2.45) is 0 Å². The third kappa shape index (κ3) is 5.84. The zero-order valence-electron chi connectivity index (χ0n) is 11.8. The van der Waals surface area contributed by atoms with Crippen LogP contribution in [-0.2, 0) is 26.9 Å². The van der Waals surface area contributed by atoms with E-state index >= 15 is 0 Å². The van der Waals surface area contributed by atoms with Crippen LogP contribution >= 0.6 is 11.3 Å². The molecule has 0 saturated heterocycles.